The first-order valence-corrected chi connectivity index (χ1v) is 13.0. The molecule has 0 saturated carbocycles. The Kier molecular flexibility index (Phi) is 10.9. The summed E-state index contributed by atoms with van der Waals surface area (Å²) in [6.07, 6.45) is 2.74. The third-order valence-corrected chi connectivity index (χ3v) is 6.31. The fourth-order valence-corrected chi connectivity index (χ4v) is 4.12. The van der Waals surface area contributed by atoms with Crippen LogP contribution in [0.4, 0.5) is 5.69 Å². The van der Waals surface area contributed by atoms with Gasteiger partial charge >= 0.3 is 5.97 Å². The van der Waals surface area contributed by atoms with E-state index >= 15 is 0 Å². The summed E-state index contributed by atoms with van der Waals surface area (Å²) in [6, 6.07) is 17.1. The summed E-state index contributed by atoms with van der Waals surface area (Å²) in [4.78, 5) is 54.6. The fourth-order valence-electron chi connectivity index (χ4n) is 4.12. The molecular formula is C29H35N5O5. The van der Waals surface area contributed by atoms with E-state index in [0.29, 0.717) is 31.5 Å². The maximum Gasteiger partial charge on any atom is 0.304 e. The molecule has 39 heavy (non-hydrogen) atoms. The molecule has 0 spiro atoms. The van der Waals surface area contributed by atoms with E-state index in [4.69, 9.17) is 10.8 Å². The maximum absolute atomic E-state index is 13.4. The van der Waals surface area contributed by atoms with Gasteiger partial charge in [-0.05, 0) is 49.9 Å². The van der Waals surface area contributed by atoms with Gasteiger partial charge in [-0.2, -0.15) is 0 Å². The van der Waals surface area contributed by atoms with Crippen molar-refractivity contribution in [2.75, 3.05) is 11.9 Å². The number of hydrogen-bond donors (Lipinski definition) is 5. The number of amides is 3. The van der Waals surface area contributed by atoms with Crippen LogP contribution in [0.3, 0.4) is 0 Å². The zero-order chi connectivity index (χ0) is 28.2. The molecule has 0 aliphatic heterocycles. The van der Waals surface area contributed by atoms with E-state index in [9.17, 15) is 19.2 Å². The Hall–Kier alpha value is -4.31. The molecule has 3 aromatic rings. The first-order chi connectivity index (χ1) is 18.8. The number of aliphatic carboxylic acids is 1. The van der Waals surface area contributed by atoms with Gasteiger partial charge < -0.3 is 26.8 Å². The Balaban J connectivity index is 1.76. The zero-order valence-corrected chi connectivity index (χ0v) is 21.9. The van der Waals surface area contributed by atoms with Crippen molar-refractivity contribution in [2.45, 2.75) is 51.1 Å². The normalized spacial score (nSPS) is 13.2. The number of carboxylic acids is 1. The Morgan fingerprint density at radius 1 is 0.897 bits per heavy atom. The minimum Gasteiger partial charge on any atom is -0.481 e. The molecule has 206 valence electrons. The molecule has 10 heteroatoms. The number of rotatable bonds is 14. The molecule has 1 aromatic heterocycles. The van der Waals surface area contributed by atoms with Gasteiger partial charge in [0.1, 0.15) is 12.1 Å². The van der Waals surface area contributed by atoms with E-state index in [0.717, 1.165) is 16.5 Å². The molecule has 0 fully saturated rings. The number of pyridine rings is 1. The Morgan fingerprint density at radius 2 is 1.56 bits per heavy atom. The fraction of sp³-hybridized carbons (Fsp3) is 0.345. The molecule has 0 aliphatic carbocycles. The van der Waals surface area contributed by atoms with Gasteiger partial charge in [-0.1, -0.05) is 55.5 Å². The average molecular weight is 534 g/mol. The summed E-state index contributed by atoms with van der Waals surface area (Å²) in [5.74, 6) is -3.44. The third-order valence-electron chi connectivity index (χ3n) is 6.31. The van der Waals surface area contributed by atoms with Gasteiger partial charge in [0.15, 0.2) is 0 Å². The number of aromatic nitrogens is 1. The number of aryl methyl sites for hydroxylation is 1. The summed E-state index contributed by atoms with van der Waals surface area (Å²) < 4.78 is 0. The topological polar surface area (TPSA) is 164 Å². The smallest absolute Gasteiger partial charge is 0.304 e. The predicted molar refractivity (Wildman–Crippen MR) is 149 cm³/mol. The lowest BCUT2D eigenvalue weighted by molar-refractivity contribution is -0.141. The van der Waals surface area contributed by atoms with Crippen molar-refractivity contribution in [3.8, 4) is 0 Å². The number of fused-ring (bicyclic) bond motifs is 1. The molecule has 10 nitrogen and oxygen atoms in total. The van der Waals surface area contributed by atoms with Crippen molar-refractivity contribution in [3.05, 3.63) is 72.4 Å². The van der Waals surface area contributed by atoms with E-state index in [1.807, 2.05) is 60.7 Å². The lowest BCUT2D eigenvalue weighted by Crippen LogP contribution is -2.53. The lowest BCUT2D eigenvalue weighted by atomic mass is 10.0. The second kappa shape index (κ2) is 14.6. The van der Waals surface area contributed by atoms with Gasteiger partial charge in [0.25, 0.3) is 0 Å². The number of para-hydroxylation sites is 1. The van der Waals surface area contributed by atoms with Crippen LogP contribution in [0.25, 0.3) is 10.9 Å². The Labute approximate surface area is 227 Å². The van der Waals surface area contributed by atoms with Gasteiger partial charge in [0.2, 0.25) is 17.7 Å². The SMILES string of the molecule is C[C@@H](CC(=O)O)C(=O)N[C@@H](CCCN)C(=O)N[C@H](CCc1ccccc1)C(=O)Nc1cnc2ccccc2c1. The number of hydrogen-bond acceptors (Lipinski definition) is 6. The number of nitrogens with two attached hydrogens (primary N) is 1. The van der Waals surface area contributed by atoms with Gasteiger partial charge in [-0.15, -0.1) is 0 Å². The molecule has 3 rings (SSSR count). The number of nitrogens with one attached hydrogen (secondary N) is 3. The molecule has 0 radical (unpaired) electrons. The monoisotopic (exact) mass is 533 g/mol. The van der Waals surface area contributed by atoms with Crippen molar-refractivity contribution in [2.24, 2.45) is 11.7 Å². The van der Waals surface area contributed by atoms with Crippen LogP contribution in [0.2, 0.25) is 0 Å². The third kappa shape index (κ3) is 9.19. The molecule has 0 unspecified atom stereocenters. The highest BCUT2D eigenvalue weighted by Crippen LogP contribution is 2.17. The van der Waals surface area contributed by atoms with Gasteiger partial charge in [0, 0.05) is 11.3 Å². The van der Waals surface area contributed by atoms with Crippen LogP contribution in [0, 0.1) is 5.92 Å². The molecular weight excluding hydrogens is 498 g/mol. The Morgan fingerprint density at radius 3 is 2.28 bits per heavy atom. The minimum absolute atomic E-state index is 0.246. The number of carbonyl (C=O) groups is 4. The van der Waals surface area contributed by atoms with Crippen LogP contribution < -0.4 is 21.7 Å². The largest absolute Gasteiger partial charge is 0.481 e. The molecule has 1 heterocycles. The second-order valence-corrected chi connectivity index (χ2v) is 9.48. The van der Waals surface area contributed by atoms with Crippen LogP contribution in [0.15, 0.2) is 66.9 Å². The highest BCUT2D eigenvalue weighted by atomic mass is 16.4. The summed E-state index contributed by atoms with van der Waals surface area (Å²) in [7, 11) is 0. The van der Waals surface area contributed by atoms with Crippen molar-refractivity contribution in [1.82, 2.24) is 15.6 Å². The molecule has 3 amide bonds. The van der Waals surface area contributed by atoms with E-state index in [1.165, 1.54) is 6.92 Å². The summed E-state index contributed by atoms with van der Waals surface area (Å²) >= 11 is 0. The summed E-state index contributed by atoms with van der Waals surface area (Å²) in [5.41, 5.74) is 7.92. The minimum atomic E-state index is -1.11. The van der Waals surface area contributed by atoms with Crippen molar-refractivity contribution in [1.29, 1.82) is 0 Å². The molecule has 2 aromatic carbocycles. The number of carbonyl (C=O) groups excluding carboxylic acids is 3. The van der Waals surface area contributed by atoms with E-state index < -0.39 is 41.7 Å². The standard InChI is InChI=1S/C29H35N5O5/c1-19(16-26(35)36)27(37)33-24(12-7-15-30)29(39)34-25(14-13-20-8-3-2-4-9-20)28(38)32-22-17-21-10-5-6-11-23(21)31-18-22/h2-6,8-11,17-19,24-25H,7,12-16,30H2,1H3,(H,32,38)(H,33,37)(H,34,39)(H,35,36)/t19-,24-,25+/m0/s1. The van der Waals surface area contributed by atoms with Gasteiger partial charge in [-0.25, -0.2) is 0 Å². The Bertz CT molecular complexity index is 1280. The molecule has 6 N–H and O–H groups in total. The molecule has 0 bridgehead atoms. The summed E-state index contributed by atoms with van der Waals surface area (Å²) in [5, 5.41) is 18.1. The van der Waals surface area contributed by atoms with E-state index in [-0.39, 0.29) is 12.8 Å². The number of carboxylic acid groups (broad SMARTS) is 1. The quantitative estimate of drug-likeness (QED) is 0.213. The predicted octanol–water partition coefficient (Wildman–Crippen LogP) is 2.63. The van der Waals surface area contributed by atoms with Crippen molar-refractivity contribution >= 4 is 40.3 Å². The highest BCUT2D eigenvalue weighted by molar-refractivity contribution is 5.99. The maximum atomic E-state index is 13.4. The van der Waals surface area contributed by atoms with Crippen LogP contribution >= 0.6 is 0 Å². The number of benzene rings is 2. The molecule has 0 aliphatic rings. The number of anilines is 1. The van der Waals surface area contributed by atoms with E-state index in [1.54, 1.807) is 6.20 Å². The molecule has 3 atom stereocenters. The van der Waals surface area contributed by atoms with Gasteiger partial charge in [-0.3, -0.25) is 24.2 Å². The van der Waals surface area contributed by atoms with Crippen molar-refractivity contribution in [3.63, 3.8) is 0 Å². The van der Waals surface area contributed by atoms with Crippen LogP contribution in [-0.2, 0) is 25.6 Å². The van der Waals surface area contributed by atoms with Crippen LogP contribution in [0.1, 0.15) is 38.2 Å². The zero-order valence-electron chi connectivity index (χ0n) is 21.9. The van der Waals surface area contributed by atoms with E-state index in [2.05, 4.69) is 20.9 Å². The highest BCUT2D eigenvalue weighted by Gasteiger charge is 2.28. The first kappa shape index (κ1) is 29.2. The lowest BCUT2D eigenvalue weighted by Gasteiger charge is -2.24. The number of nitrogens with zero attached hydrogens (tertiary/aromatic N) is 1. The molecule has 0 saturated heterocycles. The second-order valence-electron chi connectivity index (χ2n) is 9.48. The summed E-state index contributed by atoms with van der Waals surface area (Å²) in [6.45, 7) is 1.78. The van der Waals surface area contributed by atoms with Crippen LogP contribution in [-0.4, -0.2) is 52.4 Å². The van der Waals surface area contributed by atoms with Gasteiger partial charge in [0.05, 0.1) is 23.8 Å². The van der Waals surface area contributed by atoms with Crippen LogP contribution in [0.5, 0.6) is 0 Å². The first-order valence-electron chi connectivity index (χ1n) is 13.0. The average Bonchev–Trinajstić information content (AvgIpc) is 2.93. The van der Waals surface area contributed by atoms with Crippen molar-refractivity contribution < 1.29 is 24.3 Å².